The number of hydrogen-bond donors (Lipinski definition) is 0. The van der Waals surface area contributed by atoms with Gasteiger partial charge < -0.3 is 0 Å². The number of carbonyl (C=O) groups is 1. The molecule has 0 fully saturated rings. The van der Waals surface area contributed by atoms with Crippen molar-refractivity contribution in [2.75, 3.05) is 4.90 Å². The second-order valence-corrected chi connectivity index (χ2v) is 4.27. The first-order chi connectivity index (χ1) is 7.27. The molecular formula is C13H16NOSe. The Balaban J connectivity index is 0.00000128. The fourth-order valence-electron chi connectivity index (χ4n) is 1.99. The van der Waals surface area contributed by atoms with Crippen LogP contribution in [0.25, 0.3) is 0 Å². The van der Waals surface area contributed by atoms with E-state index in [0.29, 0.717) is 0 Å². The molecule has 1 aliphatic heterocycles. The maximum absolute atomic E-state index is 11.7. The van der Waals surface area contributed by atoms with Crippen molar-refractivity contribution in [2.24, 2.45) is 0 Å². The average molecular weight is 281 g/mol. The first-order valence-corrected chi connectivity index (χ1v) is 6.10. The molecule has 1 aromatic rings. The van der Waals surface area contributed by atoms with Gasteiger partial charge >= 0.3 is 97.6 Å². The number of para-hydroxylation sites is 1. The van der Waals surface area contributed by atoms with Gasteiger partial charge in [-0.3, -0.25) is 0 Å². The fourth-order valence-corrected chi connectivity index (χ4v) is 2.55. The van der Waals surface area contributed by atoms with Gasteiger partial charge in [0.15, 0.2) is 0 Å². The molecule has 1 aliphatic rings. The van der Waals surface area contributed by atoms with Crippen LogP contribution in [-0.2, 0) is 11.2 Å². The van der Waals surface area contributed by atoms with E-state index < -0.39 is 0 Å². The van der Waals surface area contributed by atoms with Crippen molar-refractivity contribution in [2.45, 2.75) is 25.2 Å². The van der Waals surface area contributed by atoms with Crippen LogP contribution in [0.3, 0.4) is 0 Å². The van der Waals surface area contributed by atoms with Gasteiger partial charge in [-0.25, -0.2) is 0 Å². The molecule has 0 N–H and O–H groups in total. The summed E-state index contributed by atoms with van der Waals surface area (Å²) in [5.41, 5.74) is 2.27. The molecule has 1 aromatic carbocycles. The quantitative estimate of drug-likeness (QED) is 0.602. The molecule has 0 aromatic heterocycles. The second kappa shape index (κ2) is 5.33. The van der Waals surface area contributed by atoms with E-state index in [-0.39, 0.29) is 19.4 Å². The number of anilines is 1. The molecular weight excluding hydrogens is 265 g/mol. The summed E-state index contributed by atoms with van der Waals surface area (Å²) in [4.78, 5) is 13.6. The van der Waals surface area contributed by atoms with Gasteiger partial charge in [-0.1, -0.05) is 7.43 Å². The zero-order valence-corrected chi connectivity index (χ0v) is 10.1. The summed E-state index contributed by atoms with van der Waals surface area (Å²) in [7, 11) is 0. The first kappa shape index (κ1) is 13.0. The van der Waals surface area contributed by atoms with E-state index in [2.05, 4.69) is 28.7 Å². The summed E-state index contributed by atoms with van der Waals surface area (Å²) in [5, 5.41) is 0.855. The molecule has 16 heavy (non-hydrogen) atoms. The third-order valence-corrected chi connectivity index (χ3v) is 3.48. The van der Waals surface area contributed by atoms with E-state index in [1.807, 2.05) is 23.1 Å². The number of rotatable bonds is 2. The Morgan fingerprint density at radius 1 is 1.56 bits per heavy atom. The standard InChI is InChI=1S/C12H12NOSe.CH4/c1-2-12(14)13-10(8-15)7-9-5-3-4-6-11(9)13;/h2-6,10H,1,7-8H2;1H4. The number of hydrogen-bond acceptors (Lipinski definition) is 1. The van der Waals surface area contributed by atoms with E-state index >= 15 is 0 Å². The third-order valence-electron chi connectivity index (χ3n) is 2.68. The Labute approximate surface area is 105 Å². The zero-order valence-electron chi connectivity index (χ0n) is 8.35. The molecule has 1 atom stereocenters. The summed E-state index contributed by atoms with van der Waals surface area (Å²) >= 11 is 3.00. The zero-order chi connectivity index (χ0) is 10.8. The number of benzene rings is 1. The van der Waals surface area contributed by atoms with Crippen LogP contribution >= 0.6 is 0 Å². The Kier molecular flexibility index (Phi) is 4.34. The predicted molar refractivity (Wildman–Crippen MR) is 68.9 cm³/mol. The van der Waals surface area contributed by atoms with Gasteiger partial charge in [-0.05, 0) is 0 Å². The Morgan fingerprint density at radius 3 is 2.88 bits per heavy atom. The molecule has 1 heterocycles. The van der Waals surface area contributed by atoms with Crippen molar-refractivity contribution < 1.29 is 4.79 Å². The van der Waals surface area contributed by atoms with Crippen LogP contribution in [0.1, 0.15) is 13.0 Å². The van der Waals surface area contributed by atoms with Crippen molar-refractivity contribution in [3.63, 3.8) is 0 Å². The van der Waals surface area contributed by atoms with E-state index in [1.54, 1.807) is 0 Å². The van der Waals surface area contributed by atoms with E-state index in [1.165, 1.54) is 11.6 Å². The molecule has 0 bridgehead atoms. The van der Waals surface area contributed by atoms with Gasteiger partial charge in [0.05, 0.1) is 0 Å². The normalized spacial score (nSPS) is 17.6. The minimum absolute atomic E-state index is 0. The van der Waals surface area contributed by atoms with Gasteiger partial charge in [0.25, 0.3) is 0 Å². The average Bonchev–Trinajstić information content (AvgIpc) is 2.66. The van der Waals surface area contributed by atoms with Crippen LogP contribution in [0.15, 0.2) is 36.9 Å². The molecule has 1 radical (unpaired) electrons. The third kappa shape index (κ3) is 2.06. The van der Waals surface area contributed by atoms with Crippen LogP contribution in [0.4, 0.5) is 5.69 Å². The Morgan fingerprint density at radius 2 is 2.25 bits per heavy atom. The van der Waals surface area contributed by atoms with Crippen molar-refractivity contribution in [1.82, 2.24) is 0 Å². The van der Waals surface area contributed by atoms with Crippen molar-refractivity contribution in [3.8, 4) is 0 Å². The topological polar surface area (TPSA) is 20.3 Å². The number of amides is 1. The molecule has 3 heteroatoms. The molecule has 0 aliphatic carbocycles. The van der Waals surface area contributed by atoms with Gasteiger partial charge in [-0.2, -0.15) is 0 Å². The second-order valence-electron chi connectivity index (χ2n) is 3.57. The minimum atomic E-state index is -0.0137. The summed E-state index contributed by atoms with van der Waals surface area (Å²) in [6, 6.07) is 8.29. The van der Waals surface area contributed by atoms with E-state index in [0.717, 1.165) is 17.4 Å². The van der Waals surface area contributed by atoms with Gasteiger partial charge in [0.1, 0.15) is 0 Å². The summed E-state index contributed by atoms with van der Waals surface area (Å²) < 4.78 is 0. The number of nitrogens with zero attached hydrogens (tertiary/aromatic N) is 1. The predicted octanol–water partition coefficient (Wildman–Crippen LogP) is 2.35. The maximum atomic E-state index is 11.7. The molecule has 0 saturated carbocycles. The van der Waals surface area contributed by atoms with Crippen molar-refractivity contribution in [3.05, 3.63) is 42.5 Å². The van der Waals surface area contributed by atoms with Gasteiger partial charge in [0.2, 0.25) is 0 Å². The molecule has 85 valence electrons. The fraction of sp³-hybridized carbons (Fsp3) is 0.308. The number of fused-ring (bicyclic) bond motifs is 1. The van der Waals surface area contributed by atoms with Gasteiger partial charge in [0, 0.05) is 0 Å². The van der Waals surface area contributed by atoms with Crippen LogP contribution < -0.4 is 4.90 Å². The summed E-state index contributed by atoms with van der Waals surface area (Å²) in [6.45, 7) is 3.55. The molecule has 1 amide bonds. The monoisotopic (exact) mass is 282 g/mol. The molecule has 2 nitrogen and oxygen atoms in total. The first-order valence-electron chi connectivity index (χ1n) is 4.89. The Bertz CT molecular complexity index is 403. The molecule has 1 unspecified atom stereocenters. The summed E-state index contributed by atoms with van der Waals surface area (Å²) in [6.07, 6.45) is 2.31. The van der Waals surface area contributed by atoms with Crippen LogP contribution in [0, 0.1) is 0 Å². The van der Waals surface area contributed by atoms with Crippen molar-refractivity contribution in [1.29, 1.82) is 0 Å². The van der Waals surface area contributed by atoms with Crippen molar-refractivity contribution >= 4 is 27.6 Å². The van der Waals surface area contributed by atoms with Crippen LogP contribution in [0.5, 0.6) is 0 Å². The SMILES string of the molecule is C.C=CC(=O)N1c2ccccc2CC1C[Se]. The van der Waals surface area contributed by atoms with Crippen LogP contribution in [0.2, 0.25) is 5.32 Å². The Hall–Kier alpha value is -1.05. The van der Waals surface area contributed by atoms with Gasteiger partial charge in [-0.15, -0.1) is 0 Å². The number of carbonyl (C=O) groups excluding carboxylic acids is 1. The van der Waals surface area contributed by atoms with E-state index in [4.69, 9.17) is 0 Å². The summed E-state index contributed by atoms with van der Waals surface area (Å²) in [5.74, 6) is -0.0137. The van der Waals surface area contributed by atoms with Crippen LogP contribution in [-0.4, -0.2) is 28.0 Å². The molecule has 0 saturated heterocycles. The molecule has 2 rings (SSSR count). The van der Waals surface area contributed by atoms with E-state index in [9.17, 15) is 4.79 Å². The molecule has 0 spiro atoms.